The summed E-state index contributed by atoms with van der Waals surface area (Å²) in [6, 6.07) is 10.0. The van der Waals surface area contributed by atoms with Gasteiger partial charge in [-0.25, -0.2) is 4.98 Å². The number of hydrogen-bond acceptors (Lipinski definition) is 5. The molecule has 2 atom stereocenters. The molecule has 3 aromatic rings. The minimum atomic E-state index is -0.452. The Bertz CT molecular complexity index is 1230. The van der Waals surface area contributed by atoms with Crippen LogP contribution < -0.4 is 15.2 Å². The quantitative estimate of drug-likeness (QED) is 0.653. The van der Waals surface area contributed by atoms with Gasteiger partial charge >= 0.3 is 0 Å². The Hall–Kier alpha value is -3.12. The highest BCUT2D eigenvalue weighted by Crippen LogP contribution is 2.37. The Balaban J connectivity index is 1.65. The number of aromatic nitrogens is 2. The molecule has 0 bridgehead atoms. The monoisotopic (exact) mass is 431 g/mol. The smallest absolute Gasteiger partial charge is 0.258 e. The van der Waals surface area contributed by atoms with E-state index >= 15 is 0 Å². The fourth-order valence-electron chi connectivity index (χ4n) is 5.05. The van der Waals surface area contributed by atoms with Crippen LogP contribution in [0, 0.1) is 0 Å². The van der Waals surface area contributed by atoms with Crippen molar-refractivity contribution in [2.45, 2.75) is 44.1 Å². The van der Waals surface area contributed by atoms with Crippen LogP contribution in [0.5, 0.6) is 5.75 Å². The molecule has 1 aliphatic heterocycles. The summed E-state index contributed by atoms with van der Waals surface area (Å²) < 4.78 is 5.28. The molecule has 2 aliphatic rings. The zero-order valence-electron chi connectivity index (χ0n) is 18.6. The number of aromatic amines is 1. The lowest BCUT2D eigenvalue weighted by atomic mass is 9.86. The zero-order valence-corrected chi connectivity index (χ0v) is 18.6. The average Bonchev–Trinajstić information content (AvgIpc) is 2.80. The number of fused-ring (bicyclic) bond motifs is 3. The lowest BCUT2D eigenvalue weighted by Gasteiger charge is -2.29. The van der Waals surface area contributed by atoms with Crippen molar-refractivity contribution >= 4 is 22.7 Å². The van der Waals surface area contributed by atoms with Gasteiger partial charge in [-0.1, -0.05) is 37.1 Å². The van der Waals surface area contributed by atoms with Gasteiger partial charge in [-0.15, -0.1) is 0 Å². The molecule has 6 nitrogen and oxygen atoms in total. The van der Waals surface area contributed by atoms with Gasteiger partial charge in [0.1, 0.15) is 17.1 Å². The van der Waals surface area contributed by atoms with Gasteiger partial charge in [0.05, 0.1) is 24.3 Å². The number of nitrogens with one attached hydrogen (secondary N) is 1. The lowest BCUT2D eigenvalue weighted by Crippen LogP contribution is -2.28. The summed E-state index contributed by atoms with van der Waals surface area (Å²) in [5.41, 5.74) is 4.94. The average molecular weight is 432 g/mol. The maximum absolute atomic E-state index is 13.2. The Kier molecular flexibility index (Phi) is 5.47. The van der Waals surface area contributed by atoms with E-state index in [0.717, 1.165) is 65.9 Å². The van der Waals surface area contributed by atoms with Crippen LogP contribution in [0.15, 0.2) is 41.2 Å². The topological polar surface area (TPSA) is 78.5 Å². The summed E-state index contributed by atoms with van der Waals surface area (Å²) in [5.74, 6) is 1.33. The van der Waals surface area contributed by atoms with Crippen LogP contribution in [0.1, 0.15) is 54.1 Å². The zero-order chi connectivity index (χ0) is 22.2. The molecule has 2 heterocycles. The lowest BCUT2D eigenvalue weighted by molar-refractivity contribution is 0.103. The van der Waals surface area contributed by atoms with Crippen LogP contribution >= 0.6 is 0 Å². The van der Waals surface area contributed by atoms with E-state index in [9.17, 15) is 9.90 Å². The van der Waals surface area contributed by atoms with E-state index in [2.05, 4.69) is 34.2 Å². The Morgan fingerprint density at radius 3 is 2.75 bits per heavy atom. The largest absolute Gasteiger partial charge is 0.497 e. The number of ether oxygens (including phenoxy) is 1. The first-order chi connectivity index (χ1) is 15.5. The molecular formula is C26H29N3O3. The second kappa shape index (κ2) is 8.43. The number of aliphatic hydroxyl groups is 1. The summed E-state index contributed by atoms with van der Waals surface area (Å²) in [6.45, 7) is 0.768. The first-order valence-corrected chi connectivity index (χ1v) is 11.3. The summed E-state index contributed by atoms with van der Waals surface area (Å²) in [4.78, 5) is 23.3. The van der Waals surface area contributed by atoms with Crippen molar-refractivity contribution in [3.63, 3.8) is 0 Å². The molecule has 0 radical (unpaired) electrons. The molecule has 0 amide bonds. The van der Waals surface area contributed by atoms with Gasteiger partial charge in [0.2, 0.25) is 0 Å². The van der Waals surface area contributed by atoms with Crippen LogP contribution in [0.3, 0.4) is 0 Å². The van der Waals surface area contributed by atoms with Gasteiger partial charge in [-0.05, 0) is 48.6 Å². The van der Waals surface area contributed by atoms with Crippen molar-refractivity contribution in [1.82, 2.24) is 9.97 Å². The fourth-order valence-corrected chi connectivity index (χ4v) is 5.05. The first kappa shape index (κ1) is 20.8. The van der Waals surface area contributed by atoms with E-state index in [-0.39, 0.29) is 11.5 Å². The summed E-state index contributed by atoms with van der Waals surface area (Å²) >= 11 is 0. The molecule has 2 N–H and O–H groups in total. The van der Waals surface area contributed by atoms with E-state index in [4.69, 9.17) is 9.72 Å². The van der Waals surface area contributed by atoms with E-state index < -0.39 is 6.10 Å². The van der Waals surface area contributed by atoms with Gasteiger partial charge in [-0.3, -0.25) is 4.79 Å². The van der Waals surface area contributed by atoms with E-state index in [1.165, 1.54) is 0 Å². The summed E-state index contributed by atoms with van der Waals surface area (Å²) in [6.07, 6.45) is 8.22. The summed E-state index contributed by atoms with van der Waals surface area (Å²) in [5, 5.41) is 11.1. The summed E-state index contributed by atoms with van der Waals surface area (Å²) in [7, 11) is 3.70. The van der Waals surface area contributed by atoms with Crippen LogP contribution in [-0.4, -0.2) is 41.9 Å². The predicted molar refractivity (Wildman–Crippen MR) is 128 cm³/mol. The highest BCUT2D eigenvalue weighted by Gasteiger charge is 2.28. The molecule has 32 heavy (non-hydrogen) atoms. The number of benzene rings is 2. The van der Waals surface area contributed by atoms with E-state index in [1.54, 1.807) is 7.11 Å². The third-order valence-electron chi connectivity index (χ3n) is 6.80. The molecule has 1 saturated carbocycles. The minimum Gasteiger partial charge on any atom is -0.497 e. The Labute approximate surface area is 187 Å². The number of methoxy groups -OCH3 is 1. The van der Waals surface area contributed by atoms with E-state index in [1.807, 2.05) is 25.2 Å². The second-order valence-electron chi connectivity index (χ2n) is 8.91. The Morgan fingerprint density at radius 2 is 2.00 bits per heavy atom. The molecule has 0 unspecified atom stereocenters. The van der Waals surface area contributed by atoms with Gasteiger partial charge in [0.15, 0.2) is 0 Å². The minimum absolute atomic E-state index is 0.111. The van der Waals surface area contributed by atoms with Crippen molar-refractivity contribution in [3.05, 3.63) is 69.3 Å². The van der Waals surface area contributed by atoms with Crippen LogP contribution in [0.25, 0.3) is 17.0 Å². The number of nitrogens with zero attached hydrogens (tertiary/aromatic N) is 2. The molecule has 2 aromatic carbocycles. The van der Waals surface area contributed by atoms with Crippen molar-refractivity contribution < 1.29 is 9.84 Å². The standard InChI is InChI=1S/C26H29N3O3/c1-29-13-5-7-19-17(14-16-9-11-18(32-2)12-10-16)15-21-23(24(19)29)27-25(28-26(21)31)20-6-3-4-8-22(20)30/h5,7,9-12,15,20,22,30H,3-4,6,8,13-14H2,1-2H3,(H,27,28,31)/t20-,22+/m1/s1. The maximum atomic E-state index is 13.2. The number of H-pyrrole nitrogens is 1. The molecule has 5 rings (SSSR count). The number of anilines is 1. The second-order valence-corrected chi connectivity index (χ2v) is 8.91. The molecule has 1 aliphatic carbocycles. The highest BCUT2D eigenvalue weighted by atomic mass is 16.5. The van der Waals surface area contributed by atoms with Crippen molar-refractivity contribution in [2.24, 2.45) is 0 Å². The maximum Gasteiger partial charge on any atom is 0.258 e. The molecule has 1 fully saturated rings. The van der Waals surface area contributed by atoms with Gasteiger partial charge in [0, 0.05) is 25.1 Å². The number of rotatable bonds is 4. The molecule has 166 valence electrons. The molecule has 0 saturated heterocycles. The first-order valence-electron chi connectivity index (χ1n) is 11.3. The number of hydrogen-bond donors (Lipinski definition) is 2. The van der Waals surface area contributed by atoms with Crippen LogP contribution in [0.2, 0.25) is 0 Å². The van der Waals surface area contributed by atoms with Crippen LogP contribution in [-0.2, 0) is 6.42 Å². The third kappa shape index (κ3) is 3.69. The highest BCUT2D eigenvalue weighted by molar-refractivity contribution is 5.97. The molecular weight excluding hydrogens is 402 g/mol. The molecule has 0 spiro atoms. The fraction of sp³-hybridized carbons (Fsp3) is 0.385. The molecule has 1 aromatic heterocycles. The number of aliphatic hydroxyl groups excluding tert-OH is 1. The molecule has 6 heteroatoms. The SMILES string of the molecule is COc1ccc(Cc2cc3c(=O)[nH]c([C@@H]4CCCC[C@@H]4O)nc3c3c2C=CCN3C)cc1. The van der Waals surface area contributed by atoms with Crippen molar-refractivity contribution in [2.75, 3.05) is 25.6 Å². The van der Waals surface area contributed by atoms with Gasteiger partial charge < -0.3 is 19.7 Å². The van der Waals surface area contributed by atoms with Gasteiger partial charge in [0.25, 0.3) is 5.56 Å². The van der Waals surface area contributed by atoms with Gasteiger partial charge in [-0.2, -0.15) is 0 Å². The van der Waals surface area contributed by atoms with Crippen molar-refractivity contribution in [3.8, 4) is 5.75 Å². The Morgan fingerprint density at radius 1 is 1.22 bits per heavy atom. The predicted octanol–water partition coefficient (Wildman–Crippen LogP) is 4.00. The van der Waals surface area contributed by atoms with Crippen LogP contribution in [0.4, 0.5) is 5.69 Å². The third-order valence-corrected chi connectivity index (χ3v) is 6.80. The normalized spacial score (nSPS) is 20.4. The number of likely N-dealkylation sites (N-methyl/N-ethyl adjacent to an activating group) is 1. The van der Waals surface area contributed by atoms with Crippen molar-refractivity contribution in [1.29, 1.82) is 0 Å². The van der Waals surface area contributed by atoms with E-state index in [0.29, 0.717) is 17.6 Å².